The Labute approximate surface area is 132 Å². The lowest BCUT2D eigenvalue weighted by atomic mass is 10.0. The Kier molecular flexibility index (Phi) is 7.93. The average Bonchev–Trinajstić information content (AvgIpc) is 2.96. The molecule has 1 aromatic heterocycles. The Hall–Kier alpha value is -0.910. The SMILES string of the molecule is CCN(CC)C(CNC(=O)[C@@H](N)CC(C)C)c1ccsc1. The topological polar surface area (TPSA) is 58.4 Å². The first-order chi connectivity index (χ1) is 9.99. The van der Waals surface area contributed by atoms with Gasteiger partial charge in [-0.3, -0.25) is 9.69 Å². The third-order valence-corrected chi connectivity index (χ3v) is 4.41. The van der Waals surface area contributed by atoms with Crippen LogP contribution in [0.1, 0.15) is 45.7 Å². The van der Waals surface area contributed by atoms with E-state index in [1.54, 1.807) is 11.3 Å². The number of nitrogens with two attached hydrogens (primary N) is 1. The molecule has 0 bridgehead atoms. The zero-order chi connectivity index (χ0) is 15.8. The Morgan fingerprint density at radius 3 is 2.52 bits per heavy atom. The first kappa shape index (κ1) is 18.1. The molecule has 1 rings (SSSR count). The molecule has 1 aromatic rings. The van der Waals surface area contributed by atoms with Crippen molar-refractivity contribution in [3.05, 3.63) is 22.4 Å². The monoisotopic (exact) mass is 311 g/mol. The van der Waals surface area contributed by atoms with Crippen LogP contribution in [0, 0.1) is 5.92 Å². The summed E-state index contributed by atoms with van der Waals surface area (Å²) in [5, 5.41) is 7.26. The Bertz CT molecular complexity index is 402. The standard InChI is InChI=1S/C16H29N3OS/c1-5-19(6-2)15(13-7-8-21-11-13)10-18-16(20)14(17)9-12(3)4/h7-8,11-12,14-15H,5-6,9-10,17H2,1-4H3,(H,18,20)/t14-,15?/m0/s1. The predicted molar refractivity (Wildman–Crippen MR) is 90.4 cm³/mol. The van der Waals surface area contributed by atoms with Crippen molar-refractivity contribution in [1.82, 2.24) is 10.2 Å². The molecular weight excluding hydrogens is 282 g/mol. The molecule has 0 saturated heterocycles. The molecule has 120 valence electrons. The van der Waals surface area contributed by atoms with E-state index in [0.717, 1.165) is 19.5 Å². The minimum absolute atomic E-state index is 0.0453. The number of hydrogen-bond donors (Lipinski definition) is 2. The number of likely N-dealkylation sites (N-methyl/N-ethyl adjacent to an activating group) is 1. The molecular formula is C16H29N3OS. The molecule has 1 heterocycles. The Morgan fingerprint density at radius 2 is 2.05 bits per heavy atom. The summed E-state index contributed by atoms with van der Waals surface area (Å²) in [5.74, 6) is 0.386. The molecule has 0 saturated carbocycles. The molecule has 0 aliphatic rings. The fourth-order valence-electron chi connectivity index (χ4n) is 2.53. The summed E-state index contributed by atoms with van der Waals surface area (Å²) in [6.07, 6.45) is 0.722. The zero-order valence-corrected chi connectivity index (χ0v) is 14.5. The van der Waals surface area contributed by atoms with Gasteiger partial charge in [-0.25, -0.2) is 0 Å². The van der Waals surface area contributed by atoms with Gasteiger partial charge in [0, 0.05) is 6.54 Å². The highest BCUT2D eigenvalue weighted by Gasteiger charge is 2.21. The number of thiophene rings is 1. The lowest BCUT2D eigenvalue weighted by Gasteiger charge is -2.30. The lowest BCUT2D eigenvalue weighted by molar-refractivity contribution is -0.122. The van der Waals surface area contributed by atoms with E-state index in [0.29, 0.717) is 12.5 Å². The van der Waals surface area contributed by atoms with Crippen LogP contribution < -0.4 is 11.1 Å². The van der Waals surface area contributed by atoms with Crippen molar-refractivity contribution in [3.63, 3.8) is 0 Å². The molecule has 0 radical (unpaired) electrons. The number of nitrogens with one attached hydrogen (secondary N) is 1. The second-order valence-electron chi connectivity index (χ2n) is 5.77. The summed E-state index contributed by atoms with van der Waals surface area (Å²) in [5.41, 5.74) is 7.21. The number of nitrogens with zero attached hydrogens (tertiary/aromatic N) is 1. The molecule has 0 spiro atoms. The molecule has 0 aliphatic heterocycles. The second-order valence-corrected chi connectivity index (χ2v) is 6.55. The van der Waals surface area contributed by atoms with Crippen LogP contribution >= 0.6 is 11.3 Å². The maximum absolute atomic E-state index is 12.1. The van der Waals surface area contributed by atoms with Crippen molar-refractivity contribution in [1.29, 1.82) is 0 Å². The first-order valence-electron chi connectivity index (χ1n) is 7.78. The van der Waals surface area contributed by atoms with Gasteiger partial charge in [0.2, 0.25) is 5.91 Å². The van der Waals surface area contributed by atoms with Gasteiger partial charge >= 0.3 is 0 Å². The van der Waals surface area contributed by atoms with Crippen molar-refractivity contribution in [3.8, 4) is 0 Å². The van der Waals surface area contributed by atoms with E-state index < -0.39 is 6.04 Å². The summed E-state index contributed by atoms with van der Waals surface area (Å²) in [6.45, 7) is 11.0. The van der Waals surface area contributed by atoms with Crippen molar-refractivity contribution in [2.75, 3.05) is 19.6 Å². The maximum atomic E-state index is 12.1. The van der Waals surface area contributed by atoms with E-state index in [1.165, 1.54) is 5.56 Å². The van der Waals surface area contributed by atoms with E-state index in [4.69, 9.17) is 5.73 Å². The number of amides is 1. The van der Waals surface area contributed by atoms with Crippen molar-refractivity contribution in [2.24, 2.45) is 11.7 Å². The summed E-state index contributed by atoms with van der Waals surface area (Å²) in [7, 11) is 0. The minimum Gasteiger partial charge on any atom is -0.353 e. The number of hydrogen-bond acceptors (Lipinski definition) is 4. The summed E-state index contributed by atoms with van der Waals surface area (Å²) < 4.78 is 0. The van der Waals surface area contributed by atoms with Gasteiger partial charge in [-0.2, -0.15) is 11.3 Å². The van der Waals surface area contributed by atoms with Crippen LogP contribution in [0.5, 0.6) is 0 Å². The van der Waals surface area contributed by atoms with Gasteiger partial charge in [-0.1, -0.05) is 27.7 Å². The molecule has 5 heteroatoms. The molecule has 1 unspecified atom stereocenters. The van der Waals surface area contributed by atoms with E-state index in [9.17, 15) is 4.79 Å². The van der Waals surface area contributed by atoms with Crippen molar-refractivity contribution >= 4 is 17.2 Å². The first-order valence-corrected chi connectivity index (χ1v) is 8.73. The van der Waals surface area contributed by atoms with Gasteiger partial charge in [-0.15, -0.1) is 0 Å². The van der Waals surface area contributed by atoms with Gasteiger partial charge in [0.15, 0.2) is 0 Å². The maximum Gasteiger partial charge on any atom is 0.236 e. The van der Waals surface area contributed by atoms with Crippen molar-refractivity contribution in [2.45, 2.75) is 46.2 Å². The van der Waals surface area contributed by atoms with Crippen LogP contribution in [0.3, 0.4) is 0 Å². The summed E-state index contributed by atoms with van der Waals surface area (Å²) in [4.78, 5) is 14.5. The fourth-order valence-corrected chi connectivity index (χ4v) is 3.24. The fraction of sp³-hybridized carbons (Fsp3) is 0.688. The normalized spacial score (nSPS) is 14.4. The largest absolute Gasteiger partial charge is 0.353 e. The Morgan fingerprint density at radius 1 is 1.38 bits per heavy atom. The van der Waals surface area contributed by atoms with Gasteiger partial charge in [-0.05, 0) is 47.8 Å². The number of carbonyl (C=O) groups is 1. The minimum atomic E-state index is -0.412. The third-order valence-electron chi connectivity index (χ3n) is 3.71. The van der Waals surface area contributed by atoms with Crippen LogP contribution in [0.2, 0.25) is 0 Å². The quantitative estimate of drug-likeness (QED) is 0.737. The zero-order valence-electron chi connectivity index (χ0n) is 13.6. The highest BCUT2D eigenvalue weighted by atomic mass is 32.1. The molecule has 2 atom stereocenters. The second kappa shape index (κ2) is 9.18. The van der Waals surface area contributed by atoms with Crippen LogP contribution in [-0.4, -0.2) is 36.5 Å². The van der Waals surface area contributed by atoms with Crippen LogP contribution in [0.25, 0.3) is 0 Å². The molecule has 1 amide bonds. The van der Waals surface area contributed by atoms with Gasteiger partial charge in [0.05, 0.1) is 12.1 Å². The summed E-state index contributed by atoms with van der Waals surface area (Å²) >= 11 is 1.69. The molecule has 21 heavy (non-hydrogen) atoms. The predicted octanol–water partition coefficient (Wildman–Crippen LogP) is 2.62. The molecule has 0 aliphatic carbocycles. The number of carbonyl (C=O) groups excluding carboxylic acids is 1. The molecule has 3 N–H and O–H groups in total. The van der Waals surface area contributed by atoms with E-state index >= 15 is 0 Å². The van der Waals surface area contributed by atoms with E-state index in [-0.39, 0.29) is 11.9 Å². The lowest BCUT2D eigenvalue weighted by Crippen LogP contribution is -2.45. The highest BCUT2D eigenvalue weighted by Crippen LogP contribution is 2.22. The molecule has 4 nitrogen and oxygen atoms in total. The van der Waals surface area contributed by atoms with Crippen LogP contribution in [0.4, 0.5) is 0 Å². The third kappa shape index (κ3) is 5.77. The summed E-state index contributed by atoms with van der Waals surface area (Å²) in [6, 6.07) is 1.94. The van der Waals surface area contributed by atoms with E-state index in [1.807, 2.05) is 0 Å². The average molecular weight is 311 g/mol. The Balaban J connectivity index is 2.64. The van der Waals surface area contributed by atoms with Crippen LogP contribution in [-0.2, 0) is 4.79 Å². The van der Waals surface area contributed by atoms with Gasteiger partial charge in [0.1, 0.15) is 0 Å². The van der Waals surface area contributed by atoms with Crippen LogP contribution in [0.15, 0.2) is 16.8 Å². The van der Waals surface area contributed by atoms with E-state index in [2.05, 4.69) is 54.7 Å². The van der Waals surface area contributed by atoms with Crippen molar-refractivity contribution < 1.29 is 4.79 Å². The number of rotatable bonds is 9. The molecule has 0 fully saturated rings. The smallest absolute Gasteiger partial charge is 0.236 e. The van der Waals surface area contributed by atoms with Gasteiger partial charge in [0.25, 0.3) is 0 Å². The van der Waals surface area contributed by atoms with Gasteiger partial charge < -0.3 is 11.1 Å². The molecule has 0 aromatic carbocycles. The highest BCUT2D eigenvalue weighted by molar-refractivity contribution is 7.07.